The van der Waals surface area contributed by atoms with Gasteiger partial charge in [0.2, 0.25) is 0 Å². The standard InChI is InChI=1S/C11H13Cl3N2O/c1-11(2,3)16(15)10(17)6-4-7(12)9(14)8(13)5-6/h4-5H,15H2,1-3H3. The molecule has 0 atom stereocenters. The lowest BCUT2D eigenvalue weighted by Crippen LogP contribution is -2.50. The summed E-state index contributed by atoms with van der Waals surface area (Å²) in [6, 6.07) is 2.90. The molecule has 0 spiro atoms. The van der Waals surface area contributed by atoms with Gasteiger partial charge in [0.25, 0.3) is 5.91 Å². The summed E-state index contributed by atoms with van der Waals surface area (Å²) in [6.07, 6.45) is 0. The Kier molecular flexibility index (Phi) is 4.31. The maximum absolute atomic E-state index is 12.0. The van der Waals surface area contributed by atoms with E-state index in [-0.39, 0.29) is 21.0 Å². The van der Waals surface area contributed by atoms with Crippen molar-refractivity contribution >= 4 is 40.7 Å². The SMILES string of the molecule is CC(C)(C)N(N)C(=O)c1cc(Cl)c(Cl)c(Cl)c1. The van der Waals surface area contributed by atoms with E-state index in [0.717, 1.165) is 5.01 Å². The lowest BCUT2D eigenvalue weighted by atomic mass is 10.1. The molecule has 0 saturated heterocycles. The number of nitrogens with zero attached hydrogens (tertiary/aromatic N) is 1. The second-order valence-electron chi connectivity index (χ2n) is 4.60. The van der Waals surface area contributed by atoms with E-state index in [9.17, 15) is 4.79 Å². The fourth-order valence-electron chi connectivity index (χ4n) is 1.12. The highest BCUT2D eigenvalue weighted by atomic mass is 35.5. The van der Waals surface area contributed by atoms with Crippen molar-refractivity contribution in [2.75, 3.05) is 0 Å². The second-order valence-corrected chi connectivity index (χ2v) is 5.79. The number of carbonyl (C=O) groups excluding carboxylic acids is 1. The molecule has 0 bridgehead atoms. The zero-order chi connectivity index (χ0) is 13.4. The van der Waals surface area contributed by atoms with E-state index in [1.54, 1.807) is 0 Å². The van der Waals surface area contributed by atoms with Gasteiger partial charge < -0.3 is 0 Å². The number of nitrogens with two attached hydrogens (primary N) is 1. The Labute approximate surface area is 115 Å². The monoisotopic (exact) mass is 294 g/mol. The molecular formula is C11H13Cl3N2O. The van der Waals surface area contributed by atoms with Crippen LogP contribution in [0.1, 0.15) is 31.1 Å². The highest BCUT2D eigenvalue weighted by Gasteiger charge is 2.25. The summed E-state index contributed by atoms with van der Waals surface area (Å²) in [6.45, 7) is 5.47. The number of rotatable bonds is 1. The van der Waals surface area contributed by atoms with Gasteiger partial charge >= 0.3 is 0 Å². The van der Waals surface area contributed by atoms with Crippen LogP contribution in [0.4, 0.5) is 0 Å². The summed E-state index contributed by atoms with van der Waals surface area (Å²) in [5.74, 6) is 5.37. The van der Waals surface area contributed by atoms with E-state index < -0.39 is 5.54 Å². The van der Waals surface area contributed by atoms with Crippen LogP contribution in [0.15, 0.2) is 12.1 Å². The topological polar surface area (TPSA) is 46.3 Å². The van der Waals surface area contributed by atoms with Gasteiger partial charge in [0.05, 0.1) is 20.6 Å². The van der Waals surface area contributed by atoms with Crippen LogP contribution in [0.25, 0.3) is 0 Å². The van der Waals surface area contributed by atoms with E-state index in [1.165, 1.54) is 12.1 Å². The van der Waals surface area contributed by atoms with Crippen LogP contribution in [-0.2, 0) is 0 Å². The molecule has 17 heavy (non-hydrogen) atoms. The predicted octanol–water partition coefficient (Wildman–Crippen LogP) is 3.76. The molecule has 0 aromatic heterocycles. The number of hydrogen-bond acceptors (Lipinski definition) is 2. The first-order chi connectivity index (χ1) is 7.64. The first-order valence-electron chi connectivity index (χ1n) is 4.88. The Balaban J connectivity index is 3.14. The molecule has 0 saturated carbocycles. The van der Waals surface area contributed by atoms with Crippen molar-refractivity contribution < 1.29 is 4.79 Å². The zero-order valence-electron chi connectivity index (χ0n) is 9.72. The molecule has 0 aliphatic carbocycles. The Morgan fingerprint density at radius 2 is 1.59 bits per heavy atom. The van der Waals surface area contributed by atoms with E-state index in [0.29, 0.717) is 5.56 Å². The third kappa shape index (κ3) is 3.26. The summed E-state index contributed by atoms with van der Waals surface area (Å²) >= 11 is 17.5. The number of amides is 1. The molecule has 0 unspecified atom stereocenters. The van der Waals surface area contributed by atoms with Gasteiger partial charge in [-0.1, -0.05) is 34.8 Å². The van der Waals surface area contributed by atoms with Gasteiger partial charge in [-0.3, -0.25) is 9.80 Å². The fourth-order valence-corrected chi connectivity index (χ4v) is 1.72. The van der Waals surface area contributed by atoms with Crippen LogP contribution in [0.3, 0.4) is 0 Å². The second kappa shape index (κ2) is 5.02. The van der Waals surface area contributed by atoms with Crippen molar-refractivity contribution in [3.63, 3.8) is 0 Å². The van der Waals surface area contributed by atoms with Gasteiger partial charge in [0.15, 0.2) is 0 Å². The predicted molar refractivity (Wildman–Crippen MR) is 71.6 cm³/mol. The van der Waals surface area contributed by atoms with Crippen LogP contribution in [0, 0.1) is 0 Å². The van der Waals surface area contributed by atoms with Crippen LogP contribution < -0.4 is 5.84 Å². The van der Waals surface area contributed by atoms with Gasteiger partial charge in [-0.2, -0.15) is 0 Å². The van der Waals surface area contributed by atoms with Gasteiger partial charge in [-0.05, 0) is 32.9 Å². The van der Waals surface area contributed by atoms with Crippen LogP contribution in [0.2, 0.25) is 15.1 Å². The molecule has 1 aromatic carbocycles. The maximum Gasteiger partial charge on any atom is 0.268 e. The highest BCUT2D eigenvalue weighted by molar-refractivity contribution is 6.48. The van der Waals surface area contributed by atoms with Crippen molar-refractivity contribution in [2.24, 2.45) is 5.84 Å². The molecule has 1 aromatic rings. The largest absolute Gasteiger partial charge is 0.271 e. The third-order valence-electron chi connectivity index (χ3n) is 2.17. The van der Waals surface area contributed by atoms with E-state index in [1.807, 2.05) is 20.8 Å². The van der Waals surface area contributed by atoms with E-state index >= 15 is 0 Å². The average molecular weight is 296 g/mol. The lowest BCUT2D eigenvalue weighted by molar-refractivity contribution is 0.0582. The summed E-state index contributed by atoms with van der Waals surface area (Å²) in [5, 5.41) is 1.81. The van der Waals surface area contributed by atoms with Crippen molar-refractivity contribution in [2.45, 2.75) is 26.3 Å². The number of carbonyl (C=O) groups is 1. The minimum atomic E-state index is -0.490. The zero-order valence-corrected chi connectivity index (χ0v) is 12.0. The molecular weight excluding hydrogens is 282 g/mol. The molecule has 0 radical (unpaired) electrons. The minimum absolute atomic E-state index is 0.226. The van der Waals surface area contributed by atoms with Crippen molar-refractivity contribution in [3.8, 4) is 0 Å². The van der Waals surface area contributed by atoms with Crippen LogP contribution >= 0.6 is 34.8 Å². The summed E-state index contributed by atoms with van der Waals surface area (Å²) in [4.78, 5) is 12.0. The molecule has 6 heteroatoms. The summed E-state index contributed by atoms with van der Waals surface area (Å²) < 4.78 is 0. The summed E-state index contributed by atoms with van der Waals surface area (Å²) in [5.41, 5.74) is -0.183. The lowest BCUT2D eigenvalue weighted by Gasteiger charge is -2.31. The summed E-state index contributed by atoms with van der Waals surface area (Å²) in [7, 11) is 0. The molecule has 0 heterocycles. The number of benzene rings is 1. The number of halogens is 3. The van der Waals surface area contributed by atoms with Gasteiger partial charge in [-0.15, -0.1) is 0 Å². The van der Waals surface area contributed by atoms with Crippen LogP contribution in [0.5, 0.6) is 0 Å². The highest BCUT2D eigenvalue weighted by Crippen LogP contribution is 2.31. The molecule has 2 N–H and O–H groups in total. The van der Waals surface area contributed by atoms with E-state index in [4.69, 9.17) is 40.6 Å². The molecule has 0 fully saturated rings. The van der Waals surface area contributed by atoms with E-state index in [2.05, 4.69) is 0 Å². The number of hydrazine groups is 1. The fraction of sp³-hybridized carbons (Fsp3) is 0.364. The minimum Gasteiger partial charge on any atom is -0.271 e. The molecule has 0 aliphatic rings. The van der Waals surface area contributed by atoms with Gasteiger partial charge in [0, 0.05) is 5.56 Å². The third-order valence-corrected chi connectivity index (χ3v) is 3.37. The molecule has 3 nitrogen and oxygen atoms in total. The first kappa shape index (κ1) is 14.6. The Morgan fingerprint density at radius 1 is 1.18 bits per heavy atom. The Bertz CT molecular complexity index is 432. The smallest absolute Gasteiger partial charge is 0.268 e. The number of hydrogen-bond donors (Lipinski definition) is 1. The molecule has 1 rings (SSSR count). The van der Waals surface area contributed by atoms with Crippen LogP contribution in [-0.4, -0.2) is 16.5 Å². The maximum atomic E-state index is 12.0. The average Bonchev–Trinajstić information content (AvgIpc) is 2.21. The molecule has 0 aliphatic heterocycles. The molecule has 94 valence electrons. The first-order valence-corrected chi connectivity index (χ1v) is 6.02. The van der Waals surface area contributed by atoms with Crippen molar-refractivity contribution in [1.82, 2.24) is 5.01 Å². The Morgan fingerprint density at radius 3 is 1.94 bits per heavy atom. The van der Waals surface area contributed by atoms with Gasteiger partial charge in [-0.25, -0.2) is 5.84 Å². The van der Waals surface area contributed by atoms with Crippen molar-refractivity contribution in [3.05, 3.63) is 32.8 Å². The quantitative estimate of drug-likeness (QED) is 0.371. The van der Waals surface area contributed by atoms with Crippen molar-refractivity contribution in [1.29, 1.82) is 0 Å². The van der Waals surface area contributed by atoms with Gasteiger partial charge in [0.1, 0.15) is 0 Å². The normalized spacial score (nSPS) is 11.5. The Hall–Kier alpha value is -0.480. The molecule has 1 amide bonds.